The van der Waals surface area contributed by atoms with Crippen LogP contribution in [0.1, 0.15) is 48.4 Å². The van der Waals surface area contributed by atoms with Crippen molar-refractivity contribution in [2.24, 2.45) is 0 Å². The second-order valence-corrected chi connectivity index (χ2v) is 9.22. The number of hydrogen-bond acceptors (Lipinski definition) is 3. The molecule has 0 saturated carbocycles. The predicted octanol–water partition coefficient (Wildman–Crippen LogP) is 5.35. The van der Waals surface area contributed by atoms with Crippen LogP contribution in [0.3, 0.4) is 0 Å². The number of nitrogens with zero attached hydrogens (tertiary/aromatic N) is 2. The minimum atomic E-state index is 0.443. The van der Waals surface area contributed by atoms with Gasteiger partial charge in [0, 0.05) is 38.4 Å². The van der Waals surface area contributed by atoms with Crippen LogP contribution in [0.15, 0.2) is 42.5 Å². The van der Waals surface area contributed by atoms with E-state index in [2.05, 4.69) is 85.3 Å². The summed E-state index contributed by atoms with van der Waals surface area (Å²) in [6.07, 6.45) is 1.08. The summed E-state index contributed by atoms with van der Waals surface area (Å²) in [5.41, 5.74) is 6.34. The minimum Gasteiger partial charge on any atom is -0.379 e. The molecule has 2 aromatic rings. The number of morpholine rings is 1. The maximum atomic E-state index is 5.92. The van der Waals surface area contributed by atoms with E-state index in [1.165, 1.54) is 22.3 Å². The summed E-state index contributed by atoms with van der Waals surface area (Å²) in [7, 11) is 0. The Kier molecular flexibility index (Phi) is 8.88. The van der Waals surface area contributed by atoms with E-state index in [-0.39, 0.29) is 0 Å². The summed E-state index contributed by atoms with van der Waals surface area (Å²) >= 11 is 5.92. The van der Waals surface area contributed by atoms with Crippen molar-refractivity contribution in [2.75, 3.05) is 44.7 Å². The third-order valence-electron chi connectivity index (χ3n) is 5.93. The van der Waals surface area contributed by atoms with Gasteiger partial charge >= 0.3 is 0 Å². The fraction of sp³-hybridized carbons (Fsp3) is 0.500. The van der Waals surface area contributed by atoms with Crippen molar-refractivity contribution in [3.8, 4) is 0 Å². The third-order valence-corrected chi connectivity index (χ3v) is 6.29. The predicted molar refractivity (Wildman–Crippen MR) is 135 cm³/mol. The van der Waals surface area contributed by atoms with Gasteiger partial charge in [-0.1, -0.05) is 55.8 Å². The van der Waals surface area contributed by atoms with Gasteiger partial charge in [-0.2, -0.15) is 0 Å². The van der Waals surface area contributed by atoms with Crippen molar-refractivity contribution in [3.05, 3.63) is 64.7 Å². The first-order valence-corrected chi connectivity index (χ1v) is 11.9. The van der Waals surface area contributed by atoms with E-state index in [9.17, 15) is 0 Å². The third kappa shape index (κ3) is 7.03. The van der Waals surface area contributed by atoms with Crippen LogP contribution in [0.2, 0.25) is 0 Å². The molecule has 4 nitrogen and oxygen atoms in total. The highest BCUT2D eigenvalue weighted by Crippen LogP contribution is 2.28. The second-order valence-electron chi connectivity index (χ2n) is 8.84. The summed E-state index contributed by atoms with van der Waals surface area (Å²) in [5.74, 6) is 0.443. The quantitative estimate of drug-likeness (QED) is 0.560. The molecule has 0 radical (unpaired) electrons. The smallest absolute Gasteiger partial charge is 0.173 e. The summed E-state index contributed by atoms with van der Waals surface area (Å²) in [6, 6.07) is 15.2. The van der Waals surface area contributed by atoms with Crippen molar-refractivity contribution in [2.45, 2.75) is 46.6 Å². The Bertz CT molecular complexity index is 844. The lowest BCUT2D eigenvalue weighted by Crippen LogP contribution is -2.40. The van der Waals surface area contributed by atoms with E-state index in [1.54, 1.807) is 0 Å². The molecule has 1 aliphatic rings. The van der Waals surface area contributed by atoms with Crippen molar-refractivity contribution in [1.29, 1.82) is 0 Å². The van der Waals surface area contributed by atoms with Crippen LogP contribution in [0.4, 0.5) is 5.69 Å². The van der Waals surface area contributed by atoms with Gasteiger partial charge in [0.05, 0.1) is 13.2 Å². The standard InChI is InChI=1S/C26H37N3OS/c1-20(2)25-22(4)7-5-8-24(25)27-26(31)29(19-23-11-9-21(3)10-12-23)14-6-13-28-15-17-30-18-16-28/h5,7-12,20H,6,13-19H2,1-4H3,(H,27,31). The average Bonchev–Trinajstić information content (AvgIpc) is 2.75. The molecule has 1 fully saturated rings. The number of ether oxygens (including phenoxy) is 1. The van der Waals surface area contributed by atoms with Gasteiger partial charge in [-0.15, -0.1) is 0 Å². The molecular weight excluding hydrogens is 402 g/mol. The Balaban J connectivity index is 1.70. The van der Waals surface area contributed by atoms with Crippen LogP contribution in [-0.4, -0.2) is 54.3 Å². The van der Waals surface area contributed by atoms with Crippen LogP contribution >= 0.6 is 12.2 Å². The van der Waals surface area contributed by atoms with E-state index in [4.69, 9.17) is 17.0 Å². The zero-order valence-electron chi connectivity index (χ0n) is 19.5. The Morgan fingerprint density at radius 3 is 2.48 bits per heavy atom. The number of benzene rings is 2. The SMILES string of the molecule is Cc1ccc(CN(CCCN2CCOCC2)C(=S)Nc2cccc(C)c2C(C)C)cc1. The molecule has 0 aliphatic carbocycles. The molecule has 0 aromatic heterocycles. The van der Waals surface area contributed by atoms with Gasteiger partial charge in [0.2, 0.25) is 0 Å². The van der Waals surface area contributed by atoms with Crippen LogP contribution in [0.5, 0.6) is 0 Å². The normalized spacial score (nSPS) is 14.6. The summed E-state index contributed by atoms with van der Waals surface area (Å²) in [5, 5.41) is 4.38. The number of nitrogens with one attached hydrogen (secondary N) is 1. The van der Waals surface area contributed by atoms with E-state index >= 15 is 0 Å². The molecule has 0 amide bonds. The molecule has 31 heavy (non-hydrogen) atoms. The largest absolute Gasteiger partial charge is 0.379 e. The number of hydrogen-bond donors (Lipinski definition) is 1. The molecule has 5 heteroatoms. The Morgan fingerprint density at radius 1 is 1.10 bits per heavy atom. The lowest BCUT2D eigenvalue weighted by molar-refractivity contribution is 0.0368. The topological polar surface area (TPSA) is 27.7 Å². The van der Waals surface area contributed by atoms with Gasteiger partial charge in [0.25, 0.3) is 0 Å². The fourth-order valence-corrected chi connectivity index (χ4v) is 4.49. The van der Waals surface area contributed by atoms with E-state index in [0.29, 0.717) is 5.92 Å². The molecule has 3 rings (SSSR count). The van der Waals surface area contributed by atoms with E-state index < -0.39 is 0 Å². The second kappa shape index (κ2) is 11.6. The van der Waals surface area contributed by atoms with Crippen molar-refractivity contribution in [1.82, 2.24) is 9.80 Å². The number of rotatable bonds is 8. The highest BCUT2D eigenvalue weighted by molar-refractivity contribution is 7.80. The molecule has 0 spiro atoms. The Labute approximate surface area is 193 Å². The first kappa shape index (κ1) is 23.7. The summed E-state index contributed by atoms with van der Waals surface area (Å²) in [6.45, 7) is 15.4. The molecule has 1 aliphatic heterocycles. The van der Waals surface area contributed by atoms with Gasteiger partial charge in [0.15, 0.2) is 5.11 Å². The first-order chi connectivity index (χ1) is 14.9. The van der Waals surface area contributed by atoms with Gasteiger partial charge in [-0.25, -0.2) is 0 Å². The fourth-order valence-electron chi connectivity index (χ4n) is 4.23. The number of anilines is 1. The molecule has 168 valence electrons. The molecule has 1 saturated heterocycles. The van der Waals surface area contributed by atoms with Gasteiger partial charge in [-0.05, 0) is 61.2 Å². The van der Waals surface area contributed by atoms with Gasteiger partial charge < -0.3 is 15.0 Å². The highest BCUT2D eigenvalue weighted by Gasteiger charge is 2.16. The molecule has 1 heterocycles. The summed E-state index contributed by atoms with van der Waals surface area (Å²) in [4.78, 5) is 4.80. The monoisotopic (exact) mass is 439 g/mol. The van der Waals surface area contributed by atoms with Crippen molar-refractivity contribution < 1.29 is 4.74 Å². The summed E-state index contributed by atoms with van der Waals surface area (Å²) < 4.78 is 5.48. The highest BCUT2D eigenvalue weighted by atomic mass is 32.1. The minimum absolute atomic E-state index is 0.443. The van der Waals surface area contributed by atoms with Crippen molar-refractivity contribution in [3.63, 3.8) is 0 Å². The molecular formula is C26H37N3OS. The molecule has 2 aromatic carbocycles. The maximum absolute atomic E-state index is 5.92. The Morgan fingerprint density at radius 2 is 1.81 bits per heavy atom. The van der Waals surface area contributed by atoms with Crippen LogP contribution in [0.25, 0.3) is 0 Å². The van der Waals surface area contributed by atoms with Gasteiger partial charge in [0.1, 0.15) is 0 Å². The van der Waals surface area contributed by atoms with Crippen LogP contribution in [-0.2, 0) is 11.3 Å². The zero-order chi connectivity index (χ0) is 22.2. The molecule has 0 bridgehead atoms. The Hall–Kier alpha value is -1.95. The zero-order valence-corrected chi connectivity index (χ0v) is 20.3. The lowest BCUT2D eigenvalue weighted by atomic mass is 9.96. The number of aryl methyl sites for hydroxylation is 2. The van der Waals surface area contributed by atoms with Gasteiger partial charge in [-0.3, -0.25) is 4.90 Å². The maximum Gasteiger partial charge on any atom is 0.173 e. The van der Waals surface area contributed by atoms with E-state index in [0.717, 1.165) is 63.2 Å². The number of thiocarbonyl (C=S) groups is 1. The van der Waals surface area contributed by atoms with Crippen LogP contribution in [0, 0.1) is 13.8 Å². The van der Waals surface area contributed by atoms with Crippen molar-refractivity contribution >= 4 is 23.0 Å². The molecule has 1 N–H and O–H groups in total. The van der Waals surface area contributed by atoms with Crippen LogP contribution < -0.4 is 5.32 Å². The molecule has 0 atom stereocenters. The first-order valence-electron chi connectivity index (χ1n) is 11.4. The van der Waals surface area contributed by atoms with E-state index in [1.807, 2.05) is 0 Å². The molecule has 0 unspecified atom stereocenters. The average molecular weight is 440 g/mol. The lowest BCUT2D eigenvalue weighted by Gasteiger charge is -2.30.